The summed E-state index contributed by atoms with van der Waals surface area (Å²) in [6.07, 6.45) is 1.67. The molecule has 2 aromatic carbocycles. The van der Waals surface area contributed by atoms with Crippen LogP contribution in [-0.4, -0.2) is 4.57 Å². The van der Waals surface area contributed by atoms with Crippen LogP contribution in [0.2, 0.25) is 10.0 Å². The van der Waals surface area contributed by atoms with Crippen molar-refractivity contribution in [3.63, 3.8) is 0 Å². The van der Waals surface area contributed by atoms with Gasteiger partial charge < -0.3 is 0 Å². The van der Waals surface area contributed by atoms with E-state index in [1.807, 2.05) is 44.2 Å². The molecule has 0 aliphatic rings. The van der Waals surface area contributed by atoms with Gasteiger partial charge in [-0.3, -0.25) is 9.36 Å². The number of thiazole rings is 1. The van der Waals surface area contributed by atoms with E-state index in [0.717, 1.165) is 22.5 Å². The van der Waals surface area contributed by atoms with Crippen LogP contribution in [0.3, 0.4) is 0 Å². The quantitative estimate of drug-likeness (QED) is 0.625. The third-order valence-electron chi connectivity index (χ3n) is 4.10. The van der Waals surface area contributed by atoms with Crippen molar-refractivity contribution >= 4 is 46.2 Å². The molecular weight excluding hydrogens is 413 g/mol. The van der Waals surface area contributed by atoms with Crippen LogP contribution in [0.15, 0.2) is 41.2 Å². The number of hydrogen-bond acceptors (Lipinski definition) is 4. The predicted octanol–water partition coefficient (Wildman–Crippen LogP) is 3.85. The Labute approximate surface area is 175 Å². The zero-order valence-corrected chi connectivity index (χ0v) is 17.3. The SMILES string of the molecule is Cc1ccc(-n2c(=C(C#N)C#N)s/c(=C/c3ccc(Cl)c(Cl)c3)c2=O)c(C)c1. The lowest BCUT2D eigenvalue weighted by Gasteiger charge is -2.07. The minimum Gasteiger partial charge on any atom is -0.267 e. The zero-order valence-electron chi connectivity index (χ0n) is 15.0. The molecule has 4 nitrogen and oxygen atoms in total. The molecule has 0 amide bonds. The average Bonchev–Trinajstić information content (AvgIpc) is 2.96. The molecule has 0 saturated carbocycles. The number of nitriles is 2. The maximum atomic E-state index is 13.2. The highest BCUT2D eigenvalue weighted by Crippen LogP contribution is 2.22. The smallest absolute Gasteiger partial charge is 0.267 e. The fourth-order valence-corrected chi connectivity index (χ4v) is 4.15. The van der Waals surface area contributed by atoms with Crippen LogP contribution in [0.1, 0.15) is 16.7 Å². The van der Waals surface area contributed by atoms with Crippen molar-refractivity contribution in [3.05, 3.63) is 82.7 Å². The first-order valence-corrected chi connectivity index (χ1v) is 9.73. The highest BCUT2D eigenvalue weighted by Gasteiger charge is 2.13. The van der Waals surface area contributed by atoms with E-state index < -0.39 is 0 Å². The van der Waals surface area contributed by atoms with Crippen molar-refractivity contribution in [1.82, 2.24) is 4.57 Å². The number of aromatic nitrogens is 1. The molecule has 0 unspecified atom stereocenters. The van der Waals surface area contributed by atoms with E-state index in [-0.39, 0.29) is 11.1 Å². The van der Waals surface area contributed by atoms with Crippen LogP contribution in [0, 0.1) is 36.5 Å². The first kappa shape index (κ1) is 19.9. The standard InChI is InChI=1S/C21H13Cl2N3OS/c1-12-3-6-18(13(2)7-12)26-20(27)19(28-21(26)15(10-24)11-25)9-14-4-5-16(22)17(23)8-14/h3-9H,1-2H3/b19-9+. The summed E-state index contributed by atoms with van der Waals surface area (Å²) in [6, 6.07) is 14.5. The number of nitrogens with zero attached hydrogens (tertiary/aromatic N) is 3. The first-order chi connectivity index (χ1) is 13.3. The van der Waals surface area contributed by atoms with Gasteiger partial charge in [0.2, 0.25) is 0 Å². The van der Waals surface area contributed by atoms with Crippen LogP contribution in [0.4, 0.5) is 0 Å². The Morgan fingerprint density at radius 2 is 1.79 bits per heavy atom. The van der Waals surface area contributed by atoms with E-state index in [4.69, 9.17) is 23.2 Å². The maximum Gasteiger partial charge on any atom is 0.273 e. The van der Waals surface area contributed by atoms with Crippen LogP contribution < -0.4 is 14.8 Å². The molecule has 138 valence electrons. The van der Waals surface area contributed by atoms with E-state index in [0.29, 0.717) is 30.5 Å². The van der Waals surface area contributed by atoms with Crippen LogP contribution in [-0.2, 0) is 0 Å². The Hall–Kier alpha value is -2.83. The van der Waals surface area contributed by atoms with Crippen molar-refractivity contribution in [2.75, 3.05) is 0 Å². The molecule has 0 atom stereocenters. The number of rotatable bonds is 2. The second kappa shape index (κ2) is 8.04. The topological polar surface area (TPSA) is 69.6 Å². The summed E-state index contributed by atoms with van der Waals surface area (Å²) in [7, 11) is 0. The van der Waals surface area contributed by atoms with Gasteiger partial charge in [0.1, 0.15) is 16.8 Å². The fourth-order valence-electron chi connectivity index (χ4n) is 2.80. The zero-order chi connectivity index (χ0) is 20.4. The monoisotopic (exact) mass is 425 g/mol. The Morgan fingerprint density at radius 3 is 2.39 bits per heavy atom. The van der Waals surface area contributed by atoms with Gasteiger partial charge in [-0.25, -0.2) is 0 Å². The molecule has 0 spiro atoms. The summed E-state index contributed by atoms with van der Waals surface area (Å²) >= 11 is 13.1. The molecule has 0 saturated heterocycles. The fraction of sp³-hybridized carbons (Fsp3) is 0.0952. The largest absolute Gasteiger partial charge is 0.273 e. The average molecular weight is 426 g/mol. The molecule has 0 aliphatic heterocycles. The van der Waals surface area contributed by atoms with Crippen LogP contribution in [0.25, 0.3) is 17.3 Å². The number of hydrogen-bond donors (Lipinski definition) is 0. The molecule has 0 N–H and O–H groups in total. The van der Waals surface area contributed by atoms with Gasteiger partial charge in [-0.2, -0.15) is 10.5 Å². The third-order valence-corrected chi connectivity index (χ3v) is 5.93. The van der Waals surface area contributed by atoms with Gasteiger partial charge in [0, 0.05) is 0 Å². The van der Waals surface area contributed by atoms with Gasteiger partial charge in [-0.15, -0.1) is 11.3 Å². The second-order valence-electron chi connectivity index (χ2n) is 6.12. The molecule has 28 heavy (non-hydrogen) atoms. The van der Waals surface area contributed by atoms with E-state index in [1.165, 1.54) is 4.57 Å². The van der Waals surface area contributed by atoms with E-state index in [2.05, 4.69) is 0 Å². The Balaban J connectivity index is 2.41. The lowest BCUT2D eigenvalue weighted by molar-refractivity contribution is 0.973. The number of aryl methyl sites for hydroxylation is 2. The molecule has 0 aliphatic carbocycles. The molecule has 3 aromatic rings. The predicted molar refractivity (Wildman–Crippen MR) is 113 cm³/mol. The maximum absolute atomic E-state index is 13.2. The minimum absolute atomic E-state index is 0.115. The highest BCUT2D eigenvalue weighted by molar-refractivity contribution is 7.07. The molecule has 3 rings (SSSR count). The Bertz CT molecular complexity index is 1340. The Kier molecular flexibility index (Phi) is 5.72. The molecular formula is C21H13Cl2N3OS. The van der Waals surface area contributed by atoms with Crippen LogP contribution >= 0.6 is 34.5 Å². The Morgan fingerprint density at radius 1 is 1.07 bits per heavy atom. The molecule has 7 heteroatoms. The van der Waals surface area contributed by atoms with Gasteiger partial charge in [-0.1, -0.05) is 47.0 Å². The molecule has 1 heterocycles. The molecule has 0 bridgehead atoms. The van der Waals surface area contributed by atoms with Crippen molar-refractivity contribution in [1.29, 1.82) is 10.5 Å². The summed E-state index contributed by atoms with van der Waals surface area (Å²) in [5.41, 5.74) is 2.84. The van der Waals surface area contributed by atoms with Crippen molar-refractivity contribution < 1.29 is 0 Å². The van der Waals surface area contributed by atoms with E-state index >= 15 is 0 Å². The summed E-state index contributed by atoms with van der Waals surface area (Å²) in [5.74, 6) is 0. The first-order valence-electron chi connectivity index (χ1n) is 8.16. The summed E-state index contributed by atoms with van der Waals surface area (Å²) < 4.78 is 2.11. The highest BCUT2D eigenvalue weighted by atomic mass is 35.5. The van der Waals surface area contributed by atoms with E-state index in [9.17, 15) is 15.3 Å². The van der Waals surface area contributed by atoms with Crippen molar-refractivity contribution in [2.24, 2.45) is 0 Å². The normalized spacial score (nSPS) is 11.1. The second-order valence-corrected chi connectivity index (χ2v) is 7.96. The minimum atomic E-state index is -0.305. The van der Waals surface area contributed by atoms with E-state index in [1.54, 1.807) is 24.3 Å². The van der Waals surface area contributed by atoms with Crippen molar-refractivity contribution in [2.45, 2.75) is 13.8 Å². The third kappa shape index (κ3) is 3.74. The van der Waals surface area contributed by atoms with Gasteiger partial charge in [0.15, 0.2) is 5.57 Å². The molecule has 0 fully saturated rings. The lowest BCUT2D eigenvalue weighted by Crippen LogP contribution is -2.31. The summed E-state index contributed by atoms with van der Waals surface area (Å²) in [4.78, 5) is 13.2. The van der Waals surface area contributed by atoms with Gasteiger partial charge in [0.25, 0.3) is 5.56 Å². The molecule has 1 aromatic heterocycles. The number of benzene rings is 2. The summed E-state index contributed by atoms with van der Waals surface area (Å²) in [6.45, 7) is 3.84. The van der Waals surface area contributed by atoms with Gasteiger partial charge in [-0.05, 0) is 49.2 Å². The van der Waals surface area contributed by atoms with Crippen molar-refractivity contribution in [3.8, 4) is 17.8 Å². The van der Waals surface area contributed by atoms with Gasteiger partial charge in [0.05, 0.1) is 20.3 Å². The van der Waals surface area contributed by atoms with Gasteiger partial charge >= 0.3 is 0 Å². The number of halogens is 2. The van der Waals surface area contributed by atoms with Crippen LogP contribution in [0.5, 0.6) is 0 Å². The lowest BCUT2D eigenvalue weighted by atomic mass is 10.1. The summed E-state index contributed by atoms with van der Waals surface area (Å²) in [5, 5.41) is 19.5. The molecule has 0 radical (unpaired) electrons.